The maximum absolute atomic E-state index is 10.0. The average Bonchev–Trinajstić information content (AvgIpc) is 2.39. The van der Waals surface area contributed by atoms with Gasteiger partial charge in [-0.2, -0.15) is 0 Å². The monoisotopic (exact) mass is 198 g/mol. The van der Waals surface area contributed by atoms with E-state index in [9.17, 15) is 5.11 Å². The van der Waals surface area contributed by atoms with Crippen molar-refractivity contribution in [1.29, 1.82) is 0 Å². The Hall–Kier alpha value is -0.340. The predicted octanol–water partition coefficient (Wildman–Crippen LogP) is 2.11. The van der Waals surface area contributed by atoms with Gasteiger partial charge in [0.1, 0.15) is 0 Å². The summed E-state index contributed by atoms with van der Waals surface area (Å²) in [6.07, 6.45) is 3.60. The van der Waals surface area contributed by atoms with Crippen molar-refractivity contribution in [3.05, 3.63) is 12.2 Å². The summed E-state index contributed by atoms with van der Waals surface area (Å²) >= 11 is 0. The van der Waals surface area contributed by atoms with Crippen LogP contribution in [0.2, 0.25) is 0 Å². The number of rotatable bonds is 4. The lowest BCUT2D eigenvalue weighted by Gasteiger charge is -2.26. The van der Waals surface area contributed by atoms with Crippen LogP contribution in [0.25, 0.3) is 0 Å². The highest BCUT2D eigenvalue weighted by molar-refractivity contribution is 5.09. The lowest BCUT2D eigenvalue weighted by Crippen LogP contribution is -2.29. The van der Waals surface area contributed by atoms with Crippen LogP contribution in [0.4, 0.5) is 0 Å². The SMILES string of the molecule is C=C(CCCO)C1CCC(C)(O)C1C. The summed E-state index contributed by atoms with van der Waals surface area (Å²) in [6.45, 7) is 8.31. The van der Waals surface area contributed by atoms with Crippen molar-refractivity contribution in [3.8, 4) is 0 Å². The van der Waals surface area contributed by atoms with Crippen LogP contribution in [0.3, 0.4) is 0 Å². The molecule has 3 atom stereocenters. The third kappa shape index (κ3) is 2.37. The van der Waals surface area contributed by atoms with Crippen LogP contribution in [0, 0.1) is 11.8 Å². The molecule has 0 amide bonds. The molecule has 0 saturated heterocycles. The van der Waals surface area contributed by atoms with Gasteiger partial charge in [0, 0.05) is 6.61 Å². The molecular formula is C12H22O2. The molecule has 2 heteroatoms. The molecule has 0 bridgehead atoms. The summed E-state index contributed by atoms with van der Waals surface area (Å²) < 4.78 is 0. The van der Waals surface area contributed by atoms with Gasteiger partial charge in [0.05, 0.1) is 5.60 Å². The van der Waals surface area contributed by atoms with E-state index in [1.54, 1.807) is 0 Å². The molecule has 1 aliphatic rings. The predicted molar refractivity (Wildman–Crippen MR) is 58.0 cm³/mol. The molecule has 0 aromatic carbocycles. The Balaban J connectivity index is 2.50. The summed E-state index contributed by atoms with van der Waals surface area (Å²) in [6, 6.07) is 0. The van der Waals surface area contributed by atoms with Gasteiger partial charge in [-0.25, -0.2) is 0 Å². The topological polar surface area (TPSA) is 40.5 Å². The van der Waals surface area contributed by atoms with Crippen molar-refractivity contribution >= 4 is 0 Å². The van der Waals surface area contributed by atoms with E-state index in [0.717, 1.165) is 25.7 Å². The van der Waals surface area contributed by atoms with E-state index in [2.05, 4.69) is 13.5 Å². The van der Waals surface area contributed by atoms with E-state index < -0.39 is 5.60 Å². The van der Waals surface area contributed by atoms with Gasteiger partial charge in [0.15, 0.2) is 0 Å². The van der Waals surface area contributed by atoms with Crippen LogP contribution in [0.1, 0.15) is 39.5 Å². The molecule has 1 fully saturated rings. The second-order valence-corrected chi connectivity index (χ2v) is 4.78. The highest BCUT2D eigenvalue weighted by atomic mass is 16.3. The van der Waals surface area contributed by atoms with Gasteiger partial charge in [-0.05, 0) is 44.4 Å². The highest BCUT2D eigenvalue weighted by Crippen LogP contribution is 2.43. The Morgan fingerprint density at radius 2 is 2.21 bits per heavy atom. The van der Waals surface area contributed by atoms with Gasteiger partial charge in [-0.15, -0.1) is 0 Å². The molecule has 1 rings (SSSR count). The molecule has 0 radical (unpaired) electrons. The van der Waals surface area contributed by atoms with E-state index in [1.807, 2.05) is 6.92 Å². The number of hydrogen-bond donors (Lipinski definition) is 2. The molecule has 0 heterocycles. The van der Waals surface area contributed by atoms with E-state index >= 15 is 0 Å². The zero-order valence-corrected chi connectivity index (χ0v) is 9.29. The summed E-state index contributed by atoms with van der Waals surface area (Å²) in [5, 5.41) is 18.8. The number of aliphatic hydroxyl groups excluding tert-OH is 1. The first-order valence-electron chi connectivity index (χ1n) is 5.50. The maximum Gasteiger partial charge on any atom is 0.0651 e. The minimum Gasteiger partial charge on any atom is -0.396 e. The van der Waals surface area contributed by atoms with E-state index in [-0.39, 0.29) is 6.61 Å². The zero-order valence-electron chi connectivity index (χ0n) is 9.29. The van der Waals surface area contributed by atoms with Crippen molar-refractivity contribution in [2.75, 3.05) is 6.61 Å². The Morgan fingerprint density at radius 1 is 1.57 bits per heavy atom. The van der Waals surface area contributed by atoms with Crippen LogP contribution in [-0.4, -0.2) is 22.4 Å². The second-order valence-electron chi connectivity index (χ2n) is 4.78. The Labute approximate surface area is 86.6 Å². The summed E-state index contributed by atoms with van der Waals surface area (Å²) in [4.78, 5) is 0. The standard InChI is InChI=1S/C12H22O2/c1-9(5-4-8-13)11-6-7-12(3,14)10(11)2/h10-11,13-14H,1,4-8H2,2-3H3. The molecule has 1 aliphatic carbocycles. The molecule has 82 valence electrons. The first kappa shape index (κ1) is 11.7. The number of hydrogen-bond acceptors (Lipinski definition) is 2. The third-order valence-electron chi connectivity index (χ3n) is 3.73. The molecule has 2 nitrogen and oxygen atoms in total. The van der Waals surface area contributed by atoms with Gasteiger partial charge < -0.3 is 10.2 Å². The molecule has 0 aliphatic heterocycles. The zero-order chi connectivity index (χ0) is 10.8. The van der Waals surface area contributed by atoms with Crippen LogP contribution in [0.15, 0.2) is 12.2 Å². The molecule has 2 N–H and O–H groups in total. The quantitative estimate of drug-likeness (QED) is 0.679. The number of aliphatic hydroxyl groups is 2. The first-order chi connectivity index (χ1) is 6.49. The molecule has 0 aromatic rings. The van der Waals surface area contributed by atoms with E-state index in [1.165, 1.54) is 5.57 Å². The molecular weight excluding hydrogens is 176 g/mol. The molecule has 14 heavy (non-hydrogen) atoms. The van der Waals surface area contributed by atoms with Crippen molar-refractivity contribution in [3.63, 3.8) is 0 Å². The minimum absolute atomic E-state index is 0.233. The fraction of sp³-hybridized carbons (Fsp3) is 0.833. The fourth-order valence-electron chi connectivity index (χ4n) is 2.41. The minimum atomic E-state index is -0.521. The van der Waals surface area contributed by atoms with Crippen LogP contribution in [0.5, 0.6) is 0 Å². The van der Waals surface area contributed by atoms with Crippen LogP contribution in [-0.2, 0) is 0 Å². The fourth-order valence-corrected chi connectivity index (χ4v) is 2.41. The average molecular weight is 198 g/mol. The second kappa shape index (κ2) is 4.45. The van der Waals surface area contributed by atoms with Crippen molar-refractivity contribution in [2.24, 2.45) is 11.8 Å². The van der Waals surface area contributed by atoms with Gasteiger partial charge >= 0.3 is 0 Å². The normalized spacial score (nSPS) is 37.4. The molecule has 0 aromatic heterocycles. The Kier molecular flexibility index (Phi) is 3.73. The Morgan fingerprint density at radius 3 is 2.64 bits per heavy atom. The lowest BCUT2D eigenvalue weighted by molar-refractivity contribution is 0.0214. The van der Waals surface area contributed by atoms with Gasteiger partial charge in [0.2, 0.25) is 0 Å². The molecule has 0 spiro atoms. The largest absolute Gasteiger partial charge is 0.396 e. The maximum atomic E-state index is 10.0. The summed E-state index contributed by atoms with van der Waals surface area (Å²) in [7, 11) is 0. The van der Waals surface area contributed by atoms with Crippen molar-refractivity contribution in [2.45, 2.75) is 45.1 Å². The molecule has 3 unspecified atom stereocenters. The smallest absolute Gasteiger partial charge is 0.0651 e. The van der Waals surface area contributed by atoms with E-state index in [4.69, 9.17) is 5.11 Å². The molecule has 1 saturated carbocycles. The van der Waals surface area contributed by atoms with Gasteiger partial charge in [0.25, 0.3) is 0 Å². The lowest BCUT2D eigenvalue weighted by atomic mass is 9.83. The first-order valence-corrected chi connectivity index (χ1v) is 5.50. The van der Waals surface area contributed by atoms with Crippen LogP contribution >= 0.6 is 0 Å². The van der Waals surface area contributed by atoms with E-state index in [0.29, 0.717) is 11.8 Å². The summed E-state index contributed by atoms with van der Waals surface area (Å²) in [5.41, 5.74) is 0.677. The highest BCUT2D eigenvalue weighted by Gasteiger charge is 2.41. The van der Waals surface area contributed by atoms with Gasteiger partial charge in [-0.3, -0.25) is 0 Å². The number of allylic oxidation sites excluding steroid dienone is 1. The van der Waals surface area contributed by atoms with Crippen LogP contribution < -0.4 is 0 Å². The third-order valence-corrected chi connectivity index (χ3v) is 3.73. The van der Waals surface area contributed by atoms with Gasteiger partial charge in [-0.1, -0.05) is 19.1 Å². The summed E-state index contributed by atoms with van der Waals surface area (Å²) in [5.74, 6) is 0.741. The van der Waals surface area contributed by atoms with Crippen molar-refractivity contribution in [1.82, 2.24) is 0 Å². The Bertz CT molecular complexity index is 208. The van der Waals surface area contributed by atoms with Crippen molar-refractivity contribution < 1.29 is 10.2 Å².